The Hall–Kier alpha value is -1.63. The molecule has 0 fully saturated rings. The fourth-order valence-corrected chi connectivity index (χ4v) is 1.99. The van der Waals surface area contributed by atoms with Crippen LogP contribution in [0.1, 0.15) is 11.5 Å². The molecule has 0 atom stereocenters. The first-order chi connectivity index (χ1) is 7.67. The minimum absolute atomic E-state index is 0.606. The van der Waals surface area contributed by atoms with Gasteiger partial charge < -0.3 is 5.32 Å². The van der Waals surface area contributed by atoms with Crippen LogP contribution in [-0.4, -0.2) is 32.2 Å². The van der Waals surface area contributed by atoms with Crippen molar-refractivity contribution in [2.75, 3.05) is 12.4 Å². The van der Waals surface area contributed by atoms with E-state index in [0.717, 1.165) is 16.5 Å². The zero-order valence-electron chi connectivity index (χ0n) is 9.27. The summed E-state index contributed by atoms with van der Waals surface area (Å²) in [5.41, 5.74) is 0.911. The van der Waals surface area contributed by atoms with Crippen molar-refractivity contribution < 1.29 is 0 Å². The van der Waals surface area contributed by atoms with Crippen molar-refractivity contribution in [3.05, 3.63) is 17.6 Å². The zero-order chi connectivity index (χ0) is 11.5. The van der Waals surface area contributed by atoms with Gasteiger partial charge in [-0.25, -0.2) is 15.0 Å². The van der Waals surface area contributed by atoms with E-state index in [1.54, 1.807) is 7.05 Å². The van der Waals surface area contributed by atoms with Gasteiger partial charge in [0.15, 0.2) is 0 Å². The van der Waals surface area contributed by atoms with Crippen LogP contribution in [0.5, 0.6) is 0 Å². The molecule has 2 N–H and O–H groups in total. The summed E-state index contributed by atoms with van der Waals surface area (Å²) in [6.45, 7) is 3.79. The Morgan fingerprint density at radius 2 is 2.06 bits per heavy atom. The summed E-state index contributed by atoms with van der Waals surface area (Å²) in [5.74, 6) is 1.40. The maximum atomic E-state index is 4.30. The first-order valence-electron chi connectivity index (χ1n) is 4.77. The Balaban J connectivity index is 2.24. The molecule has 0 spiro atoms. The van der Waals surface area contributed by atoms with Gasteiger partial charge in [0.25, 0.3) is 0 Å². The molecule has 0 saturated heterocycles. The third kappa shape index (κ3) is 2.48. The van der Waals surface area contributed by atoms with E-state index in [1.807, 2.05) is 19.9 Å². The monoisotopic (exact) mass is 236 g/mol. The van der Waals surface area contributed by atoms with E-state index in [4.69, 9.17) is 0 Å². The summed E-state index contributed by atoms with van der Waals surface area (Å²) in [7, 11) is 1.79. The average molecular weight is 236 g/mol. The van der Waals surface area contributed by atoms with Gasteiger partial charge >= 0.3 is 0 Å². The van der Waals surface area contributed by atoms with Gasteiger partial charge in [0, 0.05) is 12.7 Å². The maximum Gasteiger partial charge on any atom is 0.223 e. The number of rotatable bonds is 3. The predicted octanol–water partition coefficient (Wildman–Crippen LogP) is 1.40. The number of aromatic amines is 1. The van der Waals surface area contributed by atoms with E-state index in [2.05, 4.69) is 30.5 Å². The van der Waals surface area contributed by atoms with Gasteiger partial charge in [-0.05, 0) is 31.7 Å². The lowest BCUT2D eigenvalue weighted by atomic mass is 10.5. The van der Waals surface area contributed by atoms with Crippen molar-refractivity contribution in [1.29, 1.82) is 0 Å². The van der Waals surface area contributed by atoms with Crippen molar-refractivity contribution in [2.24, 2.45) is 0 Å². The van der Waals surface area contributed by atoms with E-state index in [-0.39, 0.29) is 0 Å². The molecule has 0 aliphatic rings. The normalized spacial score (nSPS) is 10.4. The summed E-state index contributed by atoms with van der Waals surface area (Å²) in [4.78, 5) is 12.7. The molecule has 0 radical (unpaired) electrons. The van der Waals surface area contributed by atoms with Gasteiger partial charge in [0.2, 0.25) is 11.1 Å². The highest BCUT2D eigenvalue weighted by molar-refractivity contribution is 7.99. The lowest BCUT2D eigenvalue weighted by Crippen LogP contribution is -1.98. The molecule has 0 bridgehead atoms. The Morgan fingerprint density at radius 3 is 2.69 bits per heavy atom. The average Bonchev–Trinajstić information content (AvgIpc) is 2.63. The molecule has 2 aromatic heterocycles. The molecule has 7 heteroatoms. The highest BCUT2D eigenvalue weighted by atomic mass is 32.2. The van der Waals surface area contributed by atoms with Gasteiger partial charge in [-0.15, -0.1) is 5.10 Å². The van der Waals surface area contributed by atoms with Crippen molar-refractivity contribution in [2.45, 2.75) is 24.0 Å². The van der Waals surface area contributed by atoms with Crippen molar-refractivity contribution in [3.63, 3.8) is 0 Å². The van der Waals surface area contributed by atoms with Gasteiger partial charge in [-0.1, -0.05) is 0 Å². The largest absolute Gasteiger partial charge is 0.357 e. The van der Waals surface area contributed by atoms with Crippen molar-refractivity contribution in [3.8, 4) is 0 Å². The maximum absolute atomic E-state index is 4.30. The molecular weight excluding hydrogens is 224 g/mol. The van der Waals surface area contributed by atoms with Gasteiger partial charge in [-0.3, -0.25) is 5.10 Å². The van der Waals surface area contributed by atoms with Crippen LogP contribution in [0, 0.1) is 13.8 Å². The summed E-state index contributed by atoms with van der Waals surface area (Å²) in [6.07, 6.45) is 0. The second-order valence-electron chi connectivity index (χ2n) is 3.23. The Morgan fingerprint density at radius 1 is 1.25 bits per heavy atom. The SMILES string of the molecule is CNc1nc(C)cc(Sc2n[nH]c(C)n2)n1. The first-order valence-corrected chi connectivity index (χ1v) is 5.59. The topological polar surface area (TPSA) is 79.4 Å². The van der Waals surface area contributed by atoms with Crippen molar-refractivity contribution in [1.82, 2.24) is 25.1 Å². The number of nitrogens with one attached hydrogen (secondary N) is 2. The van der Waals surface area contributed by atoms with Gasteiger partial charge in [0.1, 0.15) is 10.9 Å². The van der Waals surface area contributed by atoms with E-state index in [0.29, 0.717) is 11.1 Å². The second kappa shape index (κ2) is 4.48. The molecular formula is C9H12N6S. The van der Waals surface area contributed by atoms with E-state index in [9.17, 15) is 0 Å². The molecule has 0 aliphatic heterocycles. The number of aromatic nitrogens is 5. The molecule has 0 aliphatic carbocycles. The predicted molar refractivity (Wildman–Crippen MR) is 61.6 cm³/mol. The fraction of sp³-hybridized carbons (Fsp3) is 0.333. The molecule has 84 valence electrons. The Kier molecular flexibility index (Phi) is 3.04. The molecule has 16 heavy (non-hydrogen) atoms. The molecule has 0 unspecified atom stereocenters. The molecule has 2 aromatic rings. The standard InChI is InChI=1S/C9H12N6S/c1-5-4-7(13-8(10-3)11-5)16-9-12-6(2)14-15-9/h4H,1-3H3,(H,10,11,13)(H,12,14,15). The number of anilines is 1. The lowest BCUT2D eigenvalue weighted by molar-refractivity contribution is 0.956. The number of nitrogens with zero attached hydrogens (tertiary/aromatic N) is 4. The van der Waals surface area contributed by atoms with Gasteiger partial charge in [0.05, 0.1) is 0 Å². The summed E-state index contributed by atoms with van der Waals surface area (Å²) in [5, 5.41) is 11.2. The summed E-state index contributed by atoms with van der Waals surface area (Å²) in [6, 6.07) is 1.90. The number of hydrogen-bond donors (Lipinski definition) is 2. The van der Waals surface area contributed by atoms with Crippen LogP contribution in [0.3, 0.4) is 0 Å². The van der Waals surface area contributed by atoms with E-state index < -0.39 is 0 Å². The Labute approximate surface area is 97.3 Å². The molecule has 0 saturated carbocycles. The quantitative estimate of drug-likeness (QED) is 0.784. The third-order valence-corrected chi connectivity index (χ3v) is 2.61. The van der Waals surface area contributed by atoms with Crippen LogP contribution in [0.4, 0.5) is 5.95 Å². The molecule has 6 nitrogen and oxygen atoms in total. The molecule has 0 aromatic carbocycles. The van der Waals surface area contributed by atoms with E-state index >= 15 is 0 Å². The van der Waals surface area contributed by atoms with Crippen LogP contribution < -0.4 is 5.32 Å². The zero-order valence-corrected chi connectivity index (χ0v) is 10.1. The van der Waals surface area contributed by atoms with E-state index in [1.165, 1.54) is 11.8 Å². The summed E-state index contributed by atoms with van der Waals surface area (Å²) >= 11 is 1.41. The van der Waals surface area contributed by atoms with Crippen molar-refractivity contribution >= 4 is 17.7 Å². The third-order valence-electron chi connectivity index (χ3n) is 1.83. The van der Waals surface area contributed by atoms with Crippen LogP contribution in [0.15, 0.2) is 16.2 Å². The van der Waals surface area contributed by atoms with Crippen LogP contribution in [-0.2, 0) is 0 Å². The van der Waals surface area contributed by atoms with Crippen LogP contribution in [0.25, 0.3) is 0 Å². The number of aryl methyl sites for hydroxylation is 2. The highest BCUT2D eigenvalue weighted by Crippen LogP contribution is 2.23. The number of H-pyrrole nitrogens is 1. The molecule has 2 rings (SSSR count). The Bertz CT molecular complexity index is 494. The number of hydrogen-bond acceptors (Lipinski definition) is 6. The van der Waals surface area contributed by atoms with Crippen LogP contribution >= 0.6 is 11.8 Å². The smallest absolute Gasteiger partial charge is 0.223 e. The summed E-state index contributed by atoms with van der Waals surface area (Å²) < 4.78 is 0. The highest BCUT2D eigenvalue weighted by Gasteiger charge is 2.06. The minimum Gasteiger partial charge on any atom is -0.357 e. The first kappa shape index (κ1) is 10.9. The lowest BCUT2D eigenvalue weighted by Gasteiger charge is -2.02. The molecule has 0 amide bonds. The van der Waals surface area contributed by atoms with Gasteiger partial charge in [-0.2, -0.15) is 0 Å². The fourth-order valence-electron chi connectivity index (χ4n) is 1.17. The van der Waals surface area contributed by atoms with Crippen LogP contribution in [0.2, 0.25) is 0 Å². The minimum atomic E-state index is 0.606. The molecule has 2 heterocycles. The second-order valence-corrected chi connectivity index (χ2v) is 4.21.